The zero-order valence-corrected chi connectivity index (χ0v) is 16.0. The number of rotatable bonds is 5. The lowest BCUT2D eigenvalue weighted by molar-refractivity contribution is 0.102. The molecule has 0 saturated heterocycles. The molecule has 27 heavy (non-hydrogen) atoms. The predicted molar refractivity (Wildman–Crippen MR) is 109 cm³/mol. The van der Waals surface area contributed by atoms with E-state index in [2.05, 4.69) is 15.6 Å². The normalized spacial score (nSPS) is 10.4. The number of para-hydroxylation sites is 1. The summed E-state index contributed by atoms with van der Waals surface area (Å²) in [7, 11) is 1.63. The first-order chi connectivity index (χ1) is 13.0. The van der Waals surface area contributed by atoms with Gasteiger partial charge in [-0.25, -0.2) is 4.98 Å². The number of anilines is 3. The van der Waals surface area contributed by atoms with Crippen LogP contribution < -0.4 is 15.4 Å². The van der Waals surface area contributed by atoms with Crippen molar-refractivity contribution in [1.82, 2.24) is 4.98 Å². The largest absolute Gasteiger partial charge is 0.495 e. The van der Waals surface area contributed by atoms with E-state index in [1.807, 2.05) is 63.2 Å². The molecule has 1 aromatic heterocycles. The van der Waals surface area contributed by atoms with Gasteiger partial charge in [-0.15, -0.1) is 0 Å². The summed E-state index contributed by atoms with van der Waals surface area (Å²) in [5.41, 5.74) is 5.99. The van der Waals surface area contributed by atoms with Crippen molar-refractivity contribution in [2.45, 2.75) is 20.8 Å². The Labute approximate surface area is 159 Å². The van der Waals surface area contributed by atoms with Crippen molar-refractivity contribution in [2.75, 3.05) is 17.7 Å². The Morgan fingerprint density at radius 1 is 1.00 bits per heavy atom. The molecule has 3 aromatic rings. The fraction of sp³-hybridized carbons (Fsp3) is 0.182. The van der Waals surface area contributed by atoms with E-state index in [-0.39, 0.29) is 5.91 Å². The van der Waals surface area contributed by atoms with Crippen molar-refractivity contribution in [3.63, 3.8) is 0 Å². The molecule has 5 heteroatoms. The Kier molecular flexibility index (Phi) is 5.41. The van der Waals surface area contributed by atoms with Crippen molar-refractivity contribution in [1.29, 1.82) is 0 Å². The van der Waals surface area contributed by atoms with E-state index in [1.54, 1.807) is 19.4 Å². The summed E-state index contributed by atoms with van der Waals surface area (Å²) in [6.07, 6.45) is 1.64. The summed E-state index contributed by atoms with van der Waals surface area (Å²) in [5.74, 6) is 0.518. The number of nitrogens with one attached hydrogen (secondary N) is 2. The maximum atomic E-state index is 12.5. The fourth-order valence-electron chi connectivity index (χ4n) is 2.87. The molecule has 0 atom stereocenters. The number of carbonyl (C=O) groups is 1. The number of methoxy groups -OCH3 is 1. The molecule has 0 aliphatic heterocycles. The highest BCUT2D eigenvalue weighted by atomic mass is 16.5. The van der Waals surface area contributed by atoms with Crippen LogP contribution in [0.1, 0.15) is 27.2 Å². The van der Waals surface area contributed by atoms with Gasteiger partial charge >= 0.3 is 0 Å². The lowest BCUT2D eigenvalue weighted by Crippen LogP contribution is -2.15. The van der Waals surface area contributed by atoms with Crippen LogP contribution in [0.15, 0.2) is 54.7 Å². The third-order valence-electron chi connectivity index (χ3n) is 4.35. The third-order valence-corrected chi connectivity index (χ3v) is 4.35. The number of carbonyl (C=O) groups excluding carboxylic acids is 1. The molecule has 0 aliphatic carbocycles. The van der Waals surface area contributed by atoms with Gasteiger partial charge in [0.1, 0.15) is 11.4 Å². The van der Waals surface area contributed by atoms with Gasteiger partial charge in [0, 0.05) is 5.69 Å². The molecule has 0 fully saturated rings. The van der Waals surface area contributed by atoms with Crippen LogP contribution in [0, 0.1) is 20.8 Å². The van der Waals surface area contributed by atoms with E-state index >= 15 is 0 Å². The number of pyridine rings is 1. The second-order valence-electron chi connectivity index (χ2n) is 6.48. The van der Waals surface area contributed by atoms with Gasteiger partial charge in [0.25, 0.3) is 5.91 Å². The molecular formula is C22H23N3O2. The molecule has 0 unspecified atom stereocenters. The van der Waals surface area contributed by atoms with E-state index in [9.17, 15) is 4.79 Å². The first kappa shape index (κ1) is 18.5. The second kappa shape index (κ2) is 7.91. The maximum Gasteiger partial charge on any atom is 0.274 e. The van der Waals surface area contributed by atoms with Crippen molar-refractivity contribution < 1.29 is 9.53 Å². The fourth-order valence-corrected chi connectivity index (χ4v) is 2.87. The molecule has 138 valence electrons. The average molecular weight is 361 g/mol. The minimum atomic E-state index is -0.230. The van der Waals surface area contributed by atoms with Gasteiger partial charge in [0.05, 0.1) is 24.7 Å². The minimum Gasteiger partial charge on any atom is -0.495 e. The Morgan fingerprint density at radius 3 is 2.37 bits per heavy atom. The number of ether oxygens (including phenoxy) is 1. The third kappa shape index (κ3) is 4.26. The van der Waals surface area contributed by atoms with E-state index in [4.69, 9.17) is 4.74 Å². The molecule has 0 aliphatic rings. The van der Waals surface area contributed by atoms with Crippen LogP contribution in [0.2, 0.25) is 0 Å². The number of aromatic nitrogens is 1. The predicted octanol–water partition coefficient (Wildman–Crippen LogP) is 5.01. The van der Waals surface area contributed by atoms with Crippen LogP contribution in [0.3, 0.4) is 0 Å². The van der Waals surface area contributed by atoms with Gasteiger partial charge in [0.15, 0.2) is 0 Å². The topological polar surface area (TPSA) is 63.2 Å². The number of benzene rings is 2. The van der Waals surface area contributed by atoms with E-state index in [0.717, 1.165) is 39.5 Å². The highest BCUT2D eigenvalue weighted by Gasteiger charge is 2.11. The van der Waals surface area contributed by atoms with E-state index < -0.39 is 0 Å². The molecule has 2 aromatic carbocycles. The zero-order chi connectivity index (χ0) is 19.4. The second-order valence-corrected chi connectivity index (χ2v) is 6.48. The Balaban J connectivity index is 1.76. The molecule has 3 rings (SSSR count). The van der Waals surface area contributed by atoms with Crippen molar-refractivity contribution in [2.24, 2.45) is 0 Å². The number of hydrogen-bond acceptors (Lipinski definition) is 4. The Hall–Kier alpha value is -3.34. The highest BCUT2D eigenvalue weighted by molar-refractivity contribution is 6.03. The monoisotopic (exact) mass is 361 g/mol. The van der Waals surface area contributed by atoms with Crippen molar-refractivity contribution >= 4 is 23.0 Å². The molecule has 2 N–H and O–H groups in total. The summed E-state index contributed by atoms with van der Waals surface area (Å²) in [6.45, 7) is 5.96. The summed E-state index contributed by atoms with van der Waals surface area (Å²) in [6, 6.07) is 15.3. The first-order valence-electron chi connectivity index (χ1n) is 8.73. The Morgan fingerprint density at radius 2 is 1.74 bits per heavy atom. The number of aryl methyl sites for hydroxylation is 3. The lowest BCUT2D eigenvalue weighted by Gasteiger charge is -2.13. The van der Waals surface area contributed by atoms with Gasteiger partial charge in [-0.1, -0.05) is 24.3 Å². The minimum absolute atomic E-state index is 0.230. The van der Waals surface area contributed by atoms with Gasteiger partial charge in [-0.05, 0) is 61.7 Å². The van der Waals surface area contributed by atoms with E-state index in [1.165, 1.54) is 0 Å². The van der Waals surface area contributed by atoms with Crippen LogP contribution in [0.4, 0.5) is 17.1 Å². The van der Waals surface area contributed by atoms with Gasteiger partial charge in [-0.2, -0.15) is 0 Å². The number of nitrogens with zero attached hydrogens (tertiary/aromatic N) is 1. The molecule has 0 saturated carbocycles. The van der Waals surface area contributed by atoms with E-state index in [0.29, 0.717) is 5.69 Å². The molecule has 0 bridgehead atoms. The maximum absolute atomic E-state index is 12.5. The summed E-state index contributed by atoms with van der Waals surface area (Å²) >= 11 is 0. The standard InChI is InChI=1S/C22H23N3O2/c1-14-8-11-20(27-4)19(12-14)24-17-9-10-18(23-13-17)22(26)25-21-15(2)6-5-7-16(21)3/h5-13,24H,1-4H3,(H,25,26). The first-order valence-corrected chi connectivity index (χ1v) is 8.73. The van der Waals surface area contributed by atoms with Gasteiger partial charge < -0.3 is 15.4 Å². The van der Waals surface area contributed by atoms with Gasteiger partial charge in [-0.3, -0.25) is 4.79 Å². The van der Waals surface area contributed by atoms with Gasteiger partial charge in [0.2, 0.25) is 0 Å². The number of hydrogen-bond donors (Lipinski definition) is 2. The van der Waals surface area contributed by atoms with Crippen LogP contribution in [-0.4, -0.2) is 18.0 Å². The van der Waals surface area contributed by atoms with Crippen molar-refractivity contribution in [3.05, 3.63) is 77.1 Å². The van der Waals surface area contributed by atoms with Crippen LogP contribution >= 0.6 is 0 Å². The molecule has 1 heterocycles. The molecule has 1 amide bonds. The quantitative estimate of drug-likeness (QED) is 0.670. The molecule has 0 radical (unpaired) electrons. The van der Waals surface area contributed by atoms with Crippen LogP contribution in [0.5, 0.6) is 5.75 Å². The SMILES string of the molecule is COc1ccc(C)cc1Nc1ccc(C(=O)Nc2c(C)cccc2C)nc1. The summed E-state index contributed by atoms with van der Waals surface area (Å²) < 4.78 is 5.38. The summed E-state index contributed by atoms with van der Waals surface area (Å²) in [4.78, 5) is 16.8. The zero-order valence-electron chi connectivity index (χ0n) is 16.0. The number of amides is 1. The van der Waals surface area contributed by atoms with Crippen LogP contribution in [-0.2, 0) is 0 Å². The highest BCUT2D eigenvalue weighted by Crippen LogP contribution is 2.28. The average Bonchev–Trinajstić information content (AvgIpc) is 2.65. The van der Waals surface area contributed by atoms with Crippen LogP contribution in [0.25, 0.3) is 0 Å². The molecular weight excluding hydrogens is 338 g/mol. The lowest BCUT2D eigenvalue weighted by atomic mass is 10.1. The molecule has 0 spiro atoms. The summed E-state index contributed by atoms with van der Waals surface area (Å²) in [5, 5.41) is 6.23. The molecule has 5 nitrogen and oxygen atoms in total. The Bertz CT molecular complexity index is 946. The van der Waals surface area contributed by atoms with Crippen molar-refractivity contribution in [3.8, 4) is 5.75 Å². The smallest absolute Gasteiger partial charge is 0.274 e.